The van der Waals surface area contributed by atoms with E-state index in [9.17, 15) is 10.1 Å². The smallest absolute Gasteiger partial charge is 0.235 e. The van der Waals surface area contributed by atoms with Crippen molar-refractivity contribution in [2.45, 2.75) is 13.5 Å². The van der Waals surface area contributed by atoms with Crippen molar-refractivity contribution < 1.29 is 14.4 Å². The number of hydrogen-bond acceptors (Lipinski definition) is 5. The molecule has 6 heteroatoms. The van der Waals surface area contributed by atoms with Gasteiger partial charge < -0.3 is 9.47 Å². The van der Waals surface area contributed by atoms with Crippen molar-refractivity contribution in [2.24, 2.45) is 0 Å². The normalized spacial score (nSPS) is 10.3. The number of hydrogen-bond donors (Lipinski definition) is 0. The summed E-state index contributed by atoms with van der Waals surface area (Å²) in [5.74, 6) is 1.01. The summed E-state index contributed by atoms with van der Waals surface area (Å²) >= 11 is 0. The van der Waals surface area contributed by atoms with E-state index < -0.39 is 4.92 Å². The van der Waals surface area contributed by atoms with Gasteiger partial charge in [-0.1, -0.05) is 24.3 Å². The number of nitrogens with zero attached hydrogens (tertiary/aromatic N) is 2. The fourth-order valence-electron chi connectivity index (χ4n) is 2.07. The summed E-state index contributed by atoms with van der Waals surface area (Å²) in [6, 6.07) is 14.4. The Hall–Kier alpha value is -3.33. The standard InChI is InChI=1S/C18H16N2O4/c1-2-23-18-11-14(9-10-20(21)22)7-8-17(18)24-13-16-6-4-3-5-15(16)12-19/h3-11H,2,13H2,1H3/b10-9+. The summed E-state index contributed by atoms with van der Waals surface area (Å²) in [5.41, 5.74) is 1.97. The number of benzene rings is 2. The van der Waals surface area contributed by atoms with Crippen molar-refractivity contribution in [1.82, 2.24) is 0 Å². The predicted molar refractivity (Wildman–Crippen MR) is 89.1 cm³/mol. The Morgan fingerprint density at radius 1 is 1.21 bits per heavy atom. The van der Waals surface area contributed by atoms with E-state index >= 15 is 0 Å². The highest BCUT2D eigenvalue weighted by atomic mass is 16.6. The van der Waals surface area contributed by atoms with E-state index in [1.165, 1.54) is 6.08 Å². The maximum Gasteiger partial charge on any atom is 0.235 e. The zero-order valence-electron chi connectivity index (χ0n) is 13.1. The lowest BCUT2D eigenvalue weighted by Gasteiger charge is -2.13. The number of nitriles is 1. The minimum absolute atomic E-state index is 0.230. The molecule has 0 aliphatic rings. The van der Waals surface area contributed by atoms with Gasteiger partial charge in [0.1, 0.15) is 6.61 Å². The van der Waals surface area contributed by atoms with Crippen molar-refractivity contribution in [3.05, 3.63) is 75.5 Å². The molecule has 2 aromatic rings. The van der Waals surface area contributed by atoms with Crippen LogP contribution in [0.5, 0.6) is 11.5 Å². The van der Waals surface area contributed by atoms with Gasteiger partial charge >= 0.3 is 0 Å². The maximum atomic E-state index is 10.4. The lowest BCUT2D eigenvalue weighted by Crippen LogP contribution is -2.01. The van der Waals surface area contributed by atoms with Gasteiger partial charge in [0.25, 0.3) is 0 Å². The highest BCUT2D eigenvalue weighted by molar-refractivity contribution is 5.55. The van der Waals surface area contributed by atoms with Crippen LogP contribution in [0, 0.1) is 21.4 Å². The second kappa shape index (κ2) is 8.34. The molecule has 0 aliphatic carbocycles. The third-order valence-corrected chi connectivity index (χ3v) is 3.18. The van der Waals surface area contributed by atoms with Crippen LogP contribution in [0.1, 0.15) is 23.6 Å². The maximum absolute atomic E-state index is 10.4. The van der Waals surface area contributed by atoms with E-state index in [2.05, 4.69) is 6.07 Å². The largest absolute Gasteiger partial charge is 0.490 e. The molecule has 0 amide bonds. The van der Waals surface area contributed by atoms with Crippen LogP contribution >= 0.6 is 0 Å². The molecule has 2 rings (SSSR count). The highest BCUT2D eigenvalue weighted by Crippen LogP contribution is 2.30. The molecule has 2 aromatic carbocycles. The van der Waals surface area contributed by atoms with Gasteiger partial charge in [0.2, 0.25) is 6.20 Å². The molecular weight excluding hydrogens is 308 g/mol. The molecule has 122 valence electrons. The van der Waals surface area contributed by atoms with E-state index in [4.69, 9.17) is 14.7 Å². The molecule has 0 saturated carbocycles. The molecule has 0 saturated heterocycles. The first-order valence-electron chi connectivity index (χ1n) is 7.33. The van der Waals surface area contributed by atoms with Crippen molar-refractivity contribution in [2.75, 3.05) is 6.61 Å². The third kappa shape index (κ3) is 4.58. The van der Waals surface area contributed by atoms with Crippen LogP contribution in [0.2, 0.25) is 0 Å². The van der Waals surface area contributed by atoms with Gasteiger partial charge in [0.15, 0.2) is 11.5 Å². The predicted octanol–water partition coefficient (Wildman–Crippen LogP) is 3.78. The average Bonchev–Trinajstić information content (AvgIpc) is 2.59. The first kappa shape index (κ1) is 17.0. The van der Waals surface area contributed by atoms with Crippen LogP contribution < -0.4 is 9.47 Å². The number of nitro groups is 1. The van der Waals surface area contributed by atoms with Gasteiger partial charge in [-0.2, -0.15) is 5.26 Å². The number of rotatable bonds is 7. The second-order valence-electron chi connectivity index (χ2n) is 4.80. The Morgan fingerprint density at radius 3 is 2.71 bits per heavy atom. The van der Waals surface area contributed by atoms with Crippen molar-refractivity contribution in [3.63, 3.8) is 0 Å². The minimum Gasteiger partial charge on any atom is -0.490 e. The first-order valence-corrected chi connectivity index (χ1v) is 7.33. The molecule has 0 radical (unpaired) electrons. The van der Waals surface area contributed by atoms with E-state index in [1.807, 2.05) is 19.1 Å². The average molecular weight is 324 g/mol. The molecule has 0 aromatic heterocycles. The molecule has 0 spiro atoms. The Balaban J connectivity index is 2.20. The lowest BCUT2D eigenvalue weighted by molar-refractivity contribution is -0.400. The molecule has 6 nitrogen and oxygen atoms in total. The second-order valence-corrected chi connectivity index (χ2v) is 4.80. The SMILES string of the molecule is CCOc1cc(/C=C/[N+](=O)[O-])ccc1OCc1ccccc1C#N. The summed E-state index contributed by atoms with van der Waals surface area (Å²) in [6.07, 6.45) is 2.26. The zero-order valence-corrected chi connectivity index (χ0v) is 13.1. The summed E-state index contributed by atoms with van der Waals surface area (Å²) in [4.78, 5) is 9.88. The Labute approximate surface area is 139 Å². The topological polar surface area (TPSA) is 85.4 Å². The quantitative estimate of drug-likeness (QED) is 0.571. The molecule has 24 heavy (non-hydrogen) atoms. The molecular formula is C18H16N2O4. The van der Waals surface area contributed by atoms with Gasteiger partial charge in [-0.05, 0) is 30.7 Å². The fourth-order valence-corrected chi connectivity index (χ4v) is 2.07. The van der Waals surface area contributed by atoms with E-state index in [0.717, 1.165) is 11.8 Å². The molecule has 0 atom stereocenters. The lowest BCUT2D eigenvalue weighted by atomic mass is 10.1. The van der Waals surface area contributed by atoms with E-state index in [1.54, 1.807) is 30.3 Å². The summed E-state index contributed by atoms with van der Waals surface area (Å²) in [7, 11) is 0. The number of ether oxygens (including phenoxy) is 2. The zero-order chi connectivity index (χ0) is 17.4. The molecule has 0 bridgehead atoms. The Bertz CT molecular complexity index is 794. The Kier molecular flexibility index (Phi) is 5.92. The van der Waals surface area contributed by atoms with E-state index in [0.29, 0.717) is 29.2 Å². The molecule has 0 unspecified atom stereocenters. The summed E-state index contributed by atoms with van der Waals surface area (Å²) in [6.45, 7) is 2.51. The molecule has 0 N–H and O–H groups in total. The molecule has 0 heterocycles. The fraction of sp³-hybridized carbons (Fsp3) is 0.167. The molecule has 0 aliphatic heterocycles. The van der Waals surface area contributed by atoms with Crippen LogP contribution in [-0.2, 0) is 6.61 Å². The highest BCUT2D eigenvalue weighted by Gasteiger charge is 2.08. The van der Waals surface area contributed by atoms with Gasteiger partial charge in [0.05, 0.1) is 23.2 Å². The van der Waals surface area contributed by atoms with Crippen molar-refractivity contribution in [1.29, 1.82) is 5.26 Å². The summed E-state index contributed by atoms with van der Waals surface area (Å²) in [5, 5.41) is 19.5. The van der Waals surface area contributed by atoms with Crippen LogP contribution in [-0.4, -0.2) is 11.5 Å². The van der Waals surface area contributed by atoms with Crippen LogP contribution in [0.4, 0.5) is 0 Å². The third-order valence-electron chi connectivity index (χ3n) is 3.18. The minimum atomic E-state index is -0.524. The van der Waals surface area contributed by atoms with Crippen LogP contribution in [0.25, 0.3) is 6.08 Å². The monoisotopic (exact) mass is 324 g/mol. The summed E-state index contributed by atoms with van der Waals surface area (Å²) < 4.78 is 11.3. The van der Waals surface area contributed by atoms with Gasteiger partial charge in [-0.15, -0.1) is 0 Å². The van der Waals surface area contributed by atoms with Gasteiger partial charge in [0, 0.05) is 11.6 Å². The van der Waals surface area contributed by atoms with E-state index in [-0.39, 0.29) is 6.61 Å². The Morgan fingerprint density at radius 2 is 2.00 bits per heavy atom. The van der Waals surface area contributed by atoms with Crippen molar-refractivity contribution >= 4 is 6.08 Å². The van der Waals surface area contributed by atoms with Crippen molar-refractivity contribution in [3.8, 4) is 17.6 Å². The van der Waals surface area contributed by atoms with Gasteiger partial charge in [-0.25, -0.2) is 0 Å². The first-order chi connectivity index (χ1) is 11.6. The van der Waals surface area contributed by atoms with Gasteiger partial charge in [-0.3, -0.25) is 10.1 Å². The molecule has 0 fully saturated rings. The van der Waals surface area contributed by atoms with Crippen LogP contribution in [0.15, 0.2) is 48.7 Å². The van der Waals surface area contributed by atoms with Crippen LogP contribution in [0.3, 0.4) is 0 Å².